The molecule has 1 aliphatic carbocycles. The summed E-state index contributed by atoms with van der Waals surface area (Å²) >= 11 is 0. The van der Waals surface area contributed by atoms with Crippen molar-refractivity contribution in [1.29, 1.82) is 0 Å². The summed E-state index contributed by atoms with van der Waals surface area (Å²) < 4.78 is 0. The van der Waals surface area contributed by atoms with Crippen LogP contribution in [0, 0.1) is 0 Å². The number of halogens is 1. The molecule has 2 aromatic carbocycles. The summed E-state index contributed by atoms with van der Waals surface area (Å²) in [7, 11) is 0. The van der Waals surface area contributed by atoms with Crippen LogP contribution in [0.25, 0.3) is 10.8 Å². The van der Waals surface area contributed by atoms with Gasteiger partial charge in [0.15, 0.2) is 0 Å². The maximum atomic E-state index is 10.1. The lowest BCUT2D eigenvalue weighted by molar-refractivity contribution is 0.369. The Labute approximate surface area is 126 Å². The molecule has 1 aliphatic rings. The highest BCUT2D eigenvalue weighted by Gasteiger charge is 2.14. The fourth-order valence-electron chi connectivity index (χ4n) is 3.06. The SMILES string of the molecule is Cl.Oc1ccc2ccccc2c1CNC1CCCCC1. The zero-order valence-corrected chi connectivity index (χ0v) is 12.5. The van der Waals surface area contributed by atoms with Gasteiger partial charge in [0, 0.05) is 18.2 Å². The number of fused-ring (bicyclic) bond motifs is 1. The second kappa shape index (κ2) is 6.96. The van der Waals surface area contributed by atoms with E-state index in [0.717, 1.165) is 17.5 Å². The summed E-state index contributed by atoms with van der Waals surface area (Å²) in [6.45, 7) is 0.762. The summed E-state index contributed by atoms with van der Waals surface area (Å²) in [4.78, 5) is 0. The van der Waals surface area contributed by atoms with Crippen molar-refractivity contribution in [2.24, 2.45) is 0 Å². The van der Waals surface area contributed by atoms with Crippen LogP contribution in [-0.4, -0.2) is 11.1 Å². The molecule has 0 bridgehead atoms. The van der Waals surface area contributed by atoms with Crippen LogP contribution in [0.2, 0.25) is 0 Å². The molecule has 20 heavy (non-hydrogen) atoms. The molecule has 2 aromatic rings. The molecule has 3 rings (SSSR count). The van der Waals surface area contributed by atoms with E-state index >= 15 is 0 Å². The summed E-state index contributed by atoms with van der Waals surface area (Å²) in [6, 6.07) is 12.7. The molecule has 0 heterocycles. The summed E-state index contributed by atoms with van der Waals surface area (Å²) in [5.74, 6) is 0.405. The van der Waals surface area contributed by atoms with Crippen molar-refractivity contribution in [2.45, 2.75) is 44.7 Å². The molecule has 0 atom stereocenters. The maximum Gasteiger partial charge on any atom is 0.120 e. The van der Waals surface area contributed by atoms with Crippen molar-refractivity contribution < 1.29 is 5.11 Å². The van der Waals surface area contributed by atoms with Crippen LogP contribution in [0.1, 0.15) is 37.7 Å². The molecule has 1 fully saturated rings. The Bertz CT molecular complexity index is 564. The number of benzene rings is 2. The van der Waals surface area contributed by atoms with Crippen LogP contribution in [0.15, 0.2) is 36.4 Å². The Balaban J connectivity index is 0.00000147. The second-order valence-electron chi connectivity index (χ2n) is 5.50. The van der Waals surface area contributed by atoms with E-state index in [1.807, 2.05) is 18.2 Å². The molecule has 2 N–H and O–H groups in total. The van der Waals surface area contributed by atoms with Gasteiger partial charge in [0.05, 0.1) is 0 Å². The van der Waals surface area contributed by atoms with Crippen molar-refractivity contribution in [3.63, 3.8) is 0 Å². The van der Waals surface area contributed by atoms with Crippen LogP contribution < -0.4 is 5.32 Å². The minimum atomic E-state index is 0. The molecule has 0 radical (unpaired) electrons. The number of nitrogens with one attached hydrogen (secondary N) is 1. The minimum Gasteiger partial charge on any atom is -0.508 e. The second-order valence-corrected chi connectivity index (χ2v) is 5.50. The summed E-state index contributed by atoms with van der Waals surface area (Å²) in [5.41, 5.74) is 1.03. The zero-order valence-electron chi connectivity index (χ0n) is 11.6. The average Bonchev–Trinajstić information content (AvgIpc) is 2.47. The molecule has 2 nitrogen and oxygen atoms in total. The first kappa shape index (κ1) is 15.1. The predicted octanol–water partition coefficient (Wildman–Crippen LogP) is 4.39. The fraction of sp³-hybridized carbons (Fsp3) is 0.412. The van der Waals surface area contributed by atoms with Gasteiger partial charge < -0.3 is 10.4 Å². The Morgan fingerprint density at radius 2 is 1.75 bits per heavy atom. The van der Waals surface area contributed by atoms with E-state index in [-0.39, 0.29) is 12.4 Å². The lowest BCUT2D eigenvalue weighted by atomic mass is 9.95. The monoisotopic (exact) mass is 291 g/mol. The molecule has 0 aromatic heterocycles. The Morgan fingerprint density at radius 1 is 1.00 bits per heavy atom. The van der Waals surface area contributed by atoms with Crippen molar-refractivity contribution in [2.75, 3.05) is 0 Å². The zero-order chi connectivity index (χ0) is 13.1. The van der Waals surface area contributed by atoms with E-state index in [9.17, 15) is 5.11 Å². The summed E-state index contributed by atoms with van der Waals surface area (Å²) in [6.07, 6.45) is 6.58. The normalized spacial score (nSPS) is 16.0. The van der Waals surface area contributed by atoms with Crippen molar-refractivity contribution >= 4 is 23.2 Å². The van der Waals surface area contributed by atoms with Gasteiger partial charge in [-0.15, -0.1) is 12.4 Å². The third-order valence-corrected chi connectivity index (χ3v) is 4.19. The first-order valence-electron chi connectivity index (χ1n) is 7.27. The number of hydrogen-bond acceptors (Lipinski definition) is 2. The average molecular weight is 292 g/mol. The van der Waals surface area contributed by atoms with E-state index in [2.05, 4.69) is 17.4 Å². The third-order valence-electron chi connectivity index (χ3n) is 4.19. The molecular formula is C17H22ClNO. The number of hydrogen-bond donors (Lipinski definition) is 2. The largest absolute Gasteiger partial charge is 0.508 e. The highest BCUT2D eigenvalue weighted by molar-refractivity contribution is 5.87. The van der Waals surface area contributed by atoms with Crippen LogP contribution in [0.4, 0.5) is 0 Å². The van der Waals surface area contributed by atoms with Crippen molar-refractivity contribution in [1.82, 2.24) is 5.32 Å². The molecule has 0 saturated heterocycles. The van der Waals surface area contributed by atoms with Gasteiger partial charge in [0.25, 0.3) is 0 Å². The van der Waals surface area contributed by atoms with Gasteiger partial charge in [-0.3, -0.25) is 0 Å². The molecule has 108 valence electrons. The molecule has 3 heteroatoms. The highest BCUT2D eigenvalue weighted by Crippen LogP contribution is 2.27. The van der Waals surface area contributed by atoms with Gasteiger partial charge >= 0.3 is 0 Å². The Morgan fingerprint density at radius 3 is 2.55 bits per heavy atom. The molecule has 1 saturated carbocycles. The van der Waals surface area contributed by atoms with Crippen molar-refractivity contribution in [3.8, 4) is 5.75 Å². The standard InChI is InChI=1S/C17H21NO.ClH/c19-17-11-10-13-6-4-5-9-15(13)16(17)12-18-14-7-2-1-3-8-14;/h4-6,9-11,14,18-19H,1-3,7-8,12H2;1H. The number of rotatable bonds is 3. The minimum absolute atomic E-state index is 0. The van der Waals surface area contributed by atoms with Crippen LogP contribution in [0.3, 0.4) is 0 Å². The molecule has 0 spiro atoms. The van der Waals surface area contributed by atoms with E-state index in [1.54, 1.807) is 6.07 Å². The van der Waals surface area contributed by atoms with Gasteiger partial charge in [-0.2, -0.15) is 0 Å². The summed E-state index contributed by atoms with van der Waals surface area (Å²) in [5, 5.41) is 16.1. The van der Waals surface area contributed by atoms with E-state index in [4.69, 9.17) is 0 Å². The van der Waals surface area contributed by atoms with E-state index in [0.29, 0.717) is 11.8 Å². The first-order chi connectivity index (χ1) is 9.34. The van der Waals surface area contributed by atoms with E-state index in [1.165, 1.54) is 37.5 Å². The van der Waals surface area contributed by atoms with Gasteiger partial charge in [0.2, 0.25) is 0 Å². The fourth-order valence-corrected chi connectivity index (χ4v) is 3.06. The lowest BCUT2D eigenvalue weighted by Crippen LogP contribution is -2.30. The number of phenols is 1. The van der Waals surface area contributed by atoms with Gasteiger partial charge in [-0.05, 0) is 29.7 Å². The quantitative estimate of drug-likeness (QED) is 0.879. The molecule has 0 aliphatic heterocycles. The molecule has 0 unspecified atom stereocenters. The van der Waals surface area contributed by atoms with E-state index < -0.39 is 0 Å². The first-order valence-corrected chi connectivity index (χ1v) is 7.27. The number of phenolic OH excluding ortho intramolecular Hbond substituents is 1. The molecular weight excluding hydrogens is 270 g/mol. The van der Waals surface area contributed by atoms with Crippen LogP contribution in [-0.2, 0) is 6.54 Å². The van der Waals surface area contributed by atoms with Crippen LogP contribution in [0.5, 0.6) is 5.75 Å². The highest BCUT2D eigenvalue weighted by atomic mass is 35.5. The Hall–Kier alpha value is -1.25. The van der Waals surface area contributed by atoms with Gasteiger partial charge in [-0.1, -0.05) is 49.6 Å². The smallest absolute Gasteiger partial charge is 0.120 e. The number of aromatic hydroxyl groups is 1. The third kappa shape index (κ3) is 3.25. The predicted molar refractivity (Wildman–Crippen MR) is 86.6 cm³/mol. The topological polar surface area (TPSA) is 32.3 Å². The molecule has 0 amide bonds. The van der Waals surface area contributed by atoms with Gasteiger partial charge in [-0.25, -0.2) is 0 Å². The maximum absolute atomic E-state index is 10.1. The lowest BCUT2D eigenvalue weighted by Gasteiger charge is -2.23. The van der Waals surface area contributed by atoms with Crippen LogP contribution >= 0.6 is 12.4 Å². The van der Waals surface area contributed by atoms with Crippen molar-refractivity contribution in [3.05, 3.63) is 42.0 Å². The Kier molecular flexibility index (Phi) is 5.27. The van der Waals surface area contributed by atoms with Gasteiger partial charge in [0.1, 0.15) is 5.75 Å².